The Hall–Kier alpha value is -4.18. The van der Waals surface area contributed by atoms with Gasteiger partial charge in [-0.2, -0.15) is 0 Å². The minimum Gasteiger partial charge on any atom is -0.465 e. The lowest BCUT2D eigenvalue weighted by Gasteiger charge is -2.18. The third-order valence-corrected chi connectivity index (χ3v) is 6.81. The largest absolute Gasteiger partial charge is 0.465 e. The van der Waals surface area contributed by atoms with Crippen LogP contribution in [0.3, 0.4) is 0 Å². The maximum absolute atomic E-state index is 12.2. The first-order valence-electron chi connectivity index (χ1n) is 12.5. The van der Waals surface area contributed by atoms with Crippen molar-refractivity contribution in [2.24, 2.45) is 4.40 Å². The molecule has 0 atom stereocenters. The Morgan fingerprint density at radius 3 is 2.41 bits per heavy atom. The SMILES string of the molecule is CCc1nc2c(C)cc(NC(=NS(C)(=O)=O)N(C)C)cc2n1Cc1ccc(-c2ccccc2C(=O)OC)cc1. The standard InChI is InChI=1S/C29H33N5O4S/c1-7-26-31-27-19(2)16-22(30-29(33(3)4)32-39(6,36)37)17-25(27)34(26)18-20-12-14-21(15-13-20)23-10-8-9-11-24(23)28(35)38-5/h8-17H,7,18H2,1-6H3,(H,30,32). The zero-order valence-electron chi connectivity index (χ0n) is 23.0. The topological polar surface area (TPSA) is 106 Å². The molecule has 10 heteroatoms. The van der Waals surface area contributed by atoms with Crippen LogP contribution in [0.5, 0.6) is 0 Å². The van der Waals surface area contributed by atoms with Gasteiger partial charge in [-0.05, 0) is 47.4 Å². The van der Waals surface area contributed by atoms with E-state index in [0.717, 1.165) is 57.5 Å². The highest BCUT2D eigenvalue weighted by atomic mass is 32.2. The fraction of sp³-hybridized carbons (Fsp3) is 0.276. The number of anilines is 1. The van der Waals surface area contributed by atoms with Gasteiger partial charge in [-0.3, -0.25) is 0 Å². The van der Waals surface area contributed by atoms with Gasteiger partial charge in [0.1, 0.15) is 5.82 Å². The second kappa shape index (κ2) is 11.3. The molecule has 0 unspecified atom stereocenters. The van der Waals surface area contributed by atoms with Gasteiger partial charge in [0.25, 0.3) is 10.0 Å². The van der Waals surface area contributed by atoms with E-state index >= 15 is 0 Å². The summed E-state index contributed by atoms with van der Waals surface area (Å²) in [5.74, 6) is 0.801. The molecular weight excluding hydrogens is 514 g/mol. The second-order valence-corrected chi connectivity index (χ2v) is 11.2. The maximum Gasteiger partial charge on any atom is 0.338 e. The fourth-order valence-corrected chi connectivity index (χ4v) is 4.98. The Kier molecular flexibility index (Phi) is 8.06. The smallest absolute Gasteiger partial charge is 0.338 e. The Labute approximate surface area is 229 Å². The van der Waals surface area contributed by atoms with Crippen molar-refractivity contribution in [3.05, 3.63) is 83.2 Å². The zero-order chi connectivity index (χ0) is 28.3. The van der Waals surface area contributed by atoms with Crippen LogP contribution >= 0.6 is 0 Å². The van der Waals surface area contributed by atoms with Crippen LogP contribution < -0.4 is 5.32 Å². The number of esters is 1. The van der Waals surface area contributed by atoms with E-state index in [9.17, 15) is 13.2 Å². The van der Waals surface area contributed by atoms with Crippen molar-refractivity contribution in [1.29, 1.82) is 0 Å². The number of sulfonamides is 1. The third kappa shape index (κ3) is 6.28. The summed E-state index contributed by atoms with van der Waals surface area (Å²) in [6, 6.07) is 19.4. The lowest BCUT2D eigenvalue weighted by molar-refractivity contribution is 0.0601. The quantitative estimate of drug-likeness (QED) is 0.203. The van der Waals surface area contributed by atoms with Crippen LogP contribution in [0.1, 0.15) is 34.2 Å². The first-order chi connectivity index (χ1) is 18.5. The number of aromatic nitrogens is 2. The molecule has 9 nitrogen and oxygen atoms in total. The highest BCUT2D eigenvalue weighted by molar-refractivity contribution is 7.89. The number of carbonyl (C=O) groups is 1. The predicted octanol–water partition coefficient (Wildman–Crippen LogP) is 4.70. The highest BCUT2D eigenvalue weighted by Crippen LogP contribution is 2.28. The fourth-order valence-electron chi connectivity index (χ4n) is 4.46. The van der Waals surface area contributed by atoms with Gasteiger partial charge in [-0.15, -0.1) is 4.40 Å². The van der Waals surface area contributed by atoms with E-state index in [1.165, 1.54) is 7.11 Å². The molecule has 39 heavy (non-hydrogen) atoms. The van der Waals surface area contributed by atoms with Crippen molar-refractivity contribution in [2.45, 2.75) is 26.8 Å². The molecule has 0 spiro atoms. The molecule has 0 fully saturated rings. The molecule has 0 aliphatic carbocycles. The third-order valence-electron chi connectivity index (χ3n) is 6.31. The Morgan fingerprint density at radius 2 is 1.79 bits per heavy atom. The van der Waals surface area contributed by atoms with Gasteiger partial charge in [-0.25, -0.2) is 18.2 Å². The Bertz CT molecular complexity index is 1660. The average Bonchev–Trinajstić information content (AvgIpc) is 3.25. The Balaban J connectivity index is 1.71. The van der Waals surface area contributed by atoms with Gasteiger partial charge < -0.3 is 19.5 Å². The molecule has 0 amide bonds. The molecular formula is C29H33N5O4S. The van der Waals surface area contributed by atoms with Crippen LogP contribution in [0, 0.1) is 6.92 Å². The van der Waals surface area contributed by atoms with Crippen LogP contribution in [0.2, 0.25) is 0 Å². The van der Waals surface area contributed by atoms with Gasteiger partial charge in [0.15, 0.2) is 0 Å². The van der Waals surface area contributed by atoms with E-state index in [4.69, 9.17) is 9.72 Å². The van der Waals surface area contributed by atoms with E-state index < -0.39 is 10.0 Å². The average molecular weight is 548 g/mol. The lowest BCUT2D eigenvalue weighted by atomic mass is 9.98. The molecule has 1 aromatic heterocycles. The summed E-state index contributed by atoms with van der Waals surface area (Å²) in [7, 11) is 1.26. The summed E-state index contributed by atoms with van der Waals surface area (Å²) < 4.78 is 34.6. The van der Waals surface area contributed by atoms with E-state index in [0.29, 0.717) is 12.1 Å². The number of nitrogens with zero attached hydrogens (tertiary/aromatic N) is 4. The van der Waals surface area contributed by atoms with Crippen molar-refractivity contribution in [1.82, 2.24) is 14.5 Å². The number of carbonyl (C=O) groups excluding carboxylic acids is 1. The van der Waals surface area contributed by atoms with Crippen LogP contribution in [0.25, 0.3) is 22.2 Å². The first kappa shape index (κ1) is 27.8. The van der Waals surface area contributed by atoms with Gasteiger partial charge >= 0.3 is 5.97 Å². The number of methoxy groups -OCH3 is 1. The summed E-state index contributed by atoms with van der Waals surface area (Å²) in [5.41, 5.74) is 6.86. The van der Waals surface area contributed by atoms with Crippen LogP contribution in [-0.4, -0.2) is 62.3 Å². The number of benzene rings is 3. The predicted molar refractivity (Wildman–Crippen MR) is 156 cm³/mol. The van der Waals surface area contributed by atoms with E-state index in [2.05, 4.69) is 21.2 Å². The molecule has 0 radical (unpaired) electrons. The van der Waals surface area contributed by atoms with Crippen molar-refractivity contribution >= 4 is 38.7 Å². The van der Waals surface area contributed by atoms with Crippen molar-refractivity contribution < 1.29 is 17.9 Å². The van der Waals surface area contributed by atoms with Gasteiger partial charge in [0.05, 0.1) is 30.0 Å². The molecule has 0 saturated heterocycles. The monoisotopic (exact) mass is 547 g/mol. The minimum atomic E-state index is -3.58. The summed E-state index contributed by atoms with van der Waals surface area (Å²) in [4.78, 5) is 18.7. The summed E-state index contributed by atoms with van der Waals surface area (Å²) in [5, 5.41) is 3.15. The molecule has 3 aromatic carbocycles. The molecule has 0 bridgehead atoms. The number of guanidine groups is 1. The number of imidazole rings is 1. The van der Waals surface area contributed by atoms with E-state index in [1.54, 1.807) is 25.1 Å². The van der Waals surface area contributed by atoms with Crippen LogP contribution in [-0.2, 0) is 27.7 Å². The molecule has 1 N–H and O–H groups in total. The summed E-state index contributed by atoms with van der Waals surface area (Å²) in [6.07, 6.45) is 1.81. The number of fused-ring (bicyclic) bond motifs is 1. The van der Waals surface area contributed by atoms with Crippen LogP contribution in [0.4, 0.5) is 5.69 Å². The van der Waals surface area contributed by atoms with Gasteiger partial charge in [0, 0.05) is 32.7 Å². The van der Waals surface area contributed by atoms with Gasteiger partial charge in [0.2, 0.25) is 5.96 Å². The number of rotatable bonds is 7. The lowest BCUT2D eigenvalue weighted by Crippen LogP contribution is -2.30. The highest BCUT2D eigenvalue weighted by Gasteiger charge is 2.16. The molecule has 0 aliphatic heterocycles. The number of nitrogens with one attached hydrogen (secondary N) is 1. The summed E-state index contributed by atoms with van der Waals surface area (Å²) >= 11 is 0. The van der Waals surface area contributed by atoms with E-state index in [-0.39, 0.29) is 11.9 Å². The van der Waals surface area contributed by atoms with Crippen molar-refractivity contribution in [3.63, 3.8) is 0 Å². The minimum absolute atomic E-state index is 0.223. The molecule has 4 rings (SSSR count). The molecule has 4 aromatic rings. The summed E-state index contributed by atoms with van der Waals surface area (Å²) in [6.45, 7) is 4.66. The second-order valence-electron chi connectivity index (χ2n) is 9.53. The van der Waals surface area contributed by atoms with Crippen LogP contribution in [0.15, 0.2) is 65.1 Å². The molecule has 0 aliphatic rings. The first-order valence-corrected chi connectivity index (χ1v) is 14.4. The number of ether oxygens (including phenoxy) is 1. The maximum atomic E-state index is 12.2. The van der Waals surface area contributed by atoms with Gasteiger partial charge in [-0.1, -0.05) is 49.4 Å². The Morgan fingerprint density at radius 1 is 1.10 bits per heavy atom. The number of aryl methyl sites for hydroxylation is 2. The van der Waals surface area contributed by atoms with E-state index in [1.807, 2.05) is 61.5 Å². The molecule has 1 heterocycles. The zero-order valence-corrected chi connectivity index (χ0v) is 23.8. The molecule has 0 saturated carbocycles. The number of hydrogen-bond acceptors (Lipinski definition) is 5. The molecule has 204 valence electrons. The number of hydrogen-bond donors (Lipinski definition) is 1. The normalized spacial score (nSPS) is 12.0. The van der Waals surface area contributed by atoms with Crippen molar-refractivity contribution in [3.8, 4) is 11.1 Å². The van der Waals surface area contributed by atoms with Crippen molar-refractivity contribution in [2.75, 3.05) is 32.8 Å².